The lowest BCUT2D eigenvalue weighted by atomic mass is 9.99. The lowest BCUT2D eigenvalue weighted by molar-refractivity contribution is -0.0393. The molecule has 3 N–H and O–H groups in total. The summed E-state index contributed by atoms with van der Waals surface area (Å²) in [5, 5.41) is 12.5. The highest BCUT2D eigenvalue weighted by atomic mass is 32.2. The summed E-state index contributed by atoms with van der Waals surface area (Å²) in [6, 6.07) is 1.35. The van der Waals surface area contributed by atoms with Crippen LogP contribution in [0.2, 0.25) is 0 Å². The Hall–Kier alpha value is -2.33. The second-order valence-corrected chi connectivity index (χ2v) is 9.97. The molecule has 0 spiro atoms. The predicted octanol–water partition coefficient (Wildman–Crippen LogP) is 3.68. The molecule has 0 saturated carbocycles. The standard InChI is InChI=1S/C20H23F2N5O2S/c21-20(22)8-3-9-27-18(20)16(11-24-27)30(23,29)26-19(28)25-17-14-6-1-4-12(14)10-13-5-2-7-15(13)17/h10-11H,1-9H2,(H3,23,25,26,28,29)/t30-/m0/s1. The lowest BCUT2D eigenvalue weighted by Crippen LogP contribution is -2.29. The quantitative estimate of drug-likeness (QED) is 0.752. The second-order valence-electron chi connectivity index (χ2n) is 8.21. The van der Waals surface area contributed by atoms with Crippen LogP contribution in [0.15, 0.2) is 21.5 Å². The van der Waals surface area contributed by atoms with Crippen LogP contribution in [0.1, 0.15) is 53.6 Å². The number of fused-ring (bicyclic) bond motifs is 3. The Balaban J connectivity index is 1.51. The number of hydrogen-bond donors (Lipinski definition) is 2. The van der Waals surface area contributed by atoms with Gasteiger partial charge in [0.1, 0.15) is 20.5 Å². The second kappa shape index (κ2) is 6.84. The van der Waals surface area contributed by atoms with Gasteiger partial charge in [-0.3, -0.25) is 4.68 Å². The van der Waals surface area contributed by atoms with Gasteiger partial charge in [0.05, 0.1) is 6.20 Å². The number of amides is 2. The molecule has 0 bridgehead atoms. The molecule has 1 aliphatic heterocycles. The average molecular weight is 436 g/mol. The van der Waals surface area contributed by atoms with Crippen molar-refractivity contribution in [3.8, 4) is 0 Å². The molecule has 1 aromatic heterocycles. The summed E-state index contributed by atoms with van der Waals surface area (Å²) in [5.41, 5.74) is 4.88. The first-order valence-electron chi connectivity index (χ1n) is 10.2. The van der Waals surface area contributed by atoms with Crippen molar-refractivity contribution >= 4 is 21.6 Å². The van der Waals surface area contributed by atoms with Gasteiger partial charge in [-0.15, -0.1) is 4.36 Å². The Labute approximate surface area is 173 Å². The van der Waals surface area contributed by atoms with Crippen LogP contribution in [0.5, 0.6) is 0 Å². The molecule has 10 heteroatoms. The summed E-state index contributed by atoms with van der Waals surface area (Å²) in [4.78, 5) is 12.3. The first kappa shape index (κ1) is 19.6. The van der Waals surface area contributed by atoms with Crippen LogP contribution in [0.25, 0.3) is 0 Å². The van der Waals surface area contributed by atoms with Crippen molar-refractivity contribution in [2.24, 2.45) is 9.50 Å². The van der Waals surface area contributed by atoms with E-state index in [0.29, 0.717) is 0 Å². The minimum absolute atomic E-state index is 0.259. The van der Waals surface area contributed by atoms with Crippen LogP contribution in [0.3, 0.4) is 0 Å². The van der Waals surface area contributed by atoms with Crippen LogP contribution in [-0.2, 0) is 48.1 Å². The topological polar surface area (TPSA) is 102 Å². The number of carbonyl (C=O) groups is 1. The Bertz CT molecular complexity index is 1150. The number of carbonyl (C=O) groups excluding carboxylic acids is 1. The van der Waals surface area contributed by atoms with E-state index in [-0.39, 0.29) is 24.3 Å². The van der Waals surface area contributed by atoms with Gasteiger partial charge in [-0.1, -0.05) is 6.07 Å². The maximum atomic E-state index is 14.4. The van der Waals surface area contributed by atoms with E-state index in [0.717, 1.165) is 66.2 Å². The Kier molecular flexibility index (Phi) is 4.48. The molecule has 2 aromatic rings. The van der Waals surface area contributed by atoms with Crippen LogP contribution < -0.4 is 10.5 Å². The van der Waals surface area contributed by atoms with E-state index in [1.165, 1.54) is 11.1 Å². The number of urea groups is 1. The Morgan fingerprint density at radius 2 is 1.83 bits per heavy atom. The summed E-state index contributed by atoms with van der Waals surface area (Å²) in [6.07, 6.45) is 6.61. The molecule has 30 heavy (non-hydrogen) atoms. The van der Waals surface area contributed by atoms with Crippen molar-refractivity contribution in [2.75, 3.05) is 5.32 Å². The first-order valence-corrected chi connectivity index (χ1v) is 11.8. The molecule has 2 amide bonds. The Morgan fingerprint density at radius 1 is 1.17 bits per heavy atom. The first-order chi connectivity index (χ1) is 14.3. The number of anilines is 1. The molecule has 1 aromatic carbocycles. The Morgan fingerprint density at radius 3 is 2.50 bits per heavy atom. The van der Waals surface area contributed by atoms with E-state index >= 15 is 0 Å². The van der Waals surface area contributed by atoms with Crippen LogP contribution in [0, 0.1) is 0 Å². The summed E-state index contributed by atoms with van der Waals surface area (Å²) in [5.74, 6) is -3.21. The largest absolute Gasteiger partial charge is 0.354 e. The summed E-state index contributed by atoms with van der Waals surface area (Å²) < 4.78 is 46.6. The lowest BCUT2D eigenvalue weighted by Gasteiger charge is -2.24. The minimum Gasteiger partial charge on any atom is -0.305 e. The number of hydrogen-bond acceptors (Lipinski definition) is 3. The van der Waals surface area contributed by atoms with E-state index in [1.807, 2.05) is 0 Å². The maximum Gasteiger partial charge on any atom is 0.354 e. The number of nitrogens with zero attached hydrogens (tertiary/aromatic N) is 3. The fourth-order valence-corrected chi connectivity index (χ4v) is 6.08. The summed E-state index contributed by atoms with van der Waals surface area (Å²) >= 11 is 0. The molecule has 0 saturated heterocycles. The van der Waals surface area contributed by atoms with Crippen molar-refractivity contribution in [3.05, 3.63) is 40.2 Å². The van der Waals surface area contributed by atoms with E-state index in [9.17, 15) is 17.8 Å². The number of nitrogens with one attached hydrogen (secondary N) is 1. The normalized spacial score (nSPS) is 20.8. The monoisotopic (exact) mass is 435 g/mol. The van der Waals surface area contributed by atoms with Crippen LogP contribution in [-0.4, -0.2) is 20.0 Å². The highest BCUT2D eigenvalue weighted by Gasteiger charge is 2.42. The van der Waals surface area contributed by atoms with Crippen LogP contribution in [0.4, 0.5) is 19.3 Å². The minimum atomic E-state index is -3.88. The fraction of sp³-hybridized carbons (Fsp3) is 0.500. The molecule has 1 atom stereocenters. The third-order valence-electron chi connectivity index (χ3n) is 6.25. The van der Waals surface area contributed by atoms with Gasteiger partial charge in [0.25, 0.3) is 5.92 Å². The third-order valence-corrected chi connectivity index (χ3v) is 7.62. The van der Waals surface area contributed by atoms with Crippen molar-refractivity contribution in [2.45, 2.75) is 68.7 Å². The van der Waals surface area contributed by atoms with Gasteiger partial charge in [-0.25, -0.2) is 14.1 Å². The molecular formula is C20H23F2N5O2S. The number of alkyl halides is 2. The number of aromatic nitrogens is 2. The summed E-state index contributed by atoms with van der Waals surface area (Å²) in [7, 11) is -3.88. The van der Waals surface area contributed by atoms with Crippen molar-refractivity contribution in [1.82, 2.24) is 9.78 Å². The van der Waals surface area contributed by atoms with E-state index in [1.54, 1.807) is 0 Å². The molecule has 0 unspecified atom stereocenters. The van der Waals surface area contributed by atoms with Crippen molar-refractivity contribution in [3.63, 3.8) is 0 Å². The van der Waals surface area contributed by atoms with Gasteiger partial charge in [0, 0.05) is 18.7 Å². The number of aryl methyl sites for hydroxylation is 3. The van der Waals surface area contributed by atoms with Crippen LogP contribution >= 0.6 is 0 Å². The van der Waals surface area contributed by atoms with Gasteiger partial charge in [0.15, 0.2) is 0 Å². The molecule has 2 heterocycles. The molecular weight excluding hydrogens is 412 g/mol. The average Bonchev–Trinajstić information content (AvgIpc) is 3.39. The zero-order valence-electron chi connectivity index (χ0n) is 16.4. The van der Waals surface area contributed by atoms with Crippen molar-refractivity contribution in [1.29, 1.82) is 0 Å². The highest BCUT2D eigenvalue weighted by Crippen LogP contribution is 2.41. The maximum absolute atomic E-state index is 14.4. The molecule has 7 nitrogen and oxygen atoms in total. The molecule has 3 aliphatic rings. The van der Waals surface area contributed by atoms with Gasteiger partial charge in [0.2, 0.25) is 0 Å². The number of halogens is 2. The number of rotatable bonds is 2. The molecule has 0 fully saturated rings. The van der Waals surface area contributed by atoms with Gasteiger partial charge in [-0.2, -0.15) is 13.9 Å². The van der Waals surface area contributed by atoms with Gasteiger partial charge >= 0.3 is 6.03 Å². The molecule has 2 aliphatic carbocycles. The van der Waals surface area contributed by atoms with Gasteiger partial charge < -0.3 is 5.32 Å². The molecule has 160 valence electrons. The molecule has 0 radical (unpaired) electrons. The SMILES string of the molecule is N[S@](=O)(=NC(=O)Nc1c2c(cc3c1CCC3)CCC2)c1cnn2c1C(F)(F)CCC2. The molecule has 5 rings (SSSR count). The zero-order chi connectivity index (χ0) is 21.1. The highest BCUT2D eigenvalue weighted by molar-refractivity contribution is 7.91. The summed E-state index contributed by atoms with van der Waals surface area (Å²) in [6.45, 7) is 0.287. The zero-order valence-corrected chi connectivity index (χ0v) is 17.2. The third kappa shape index (κ3) is 3.13. The van der Waals surface area contributed by atoms with E-state index in [4.69, 9.17) is 5.14 Å². The number of nitrogens with two attached hydrogens (primary N) is 1. The number of benzene rings is 1. The van der Waals surface area contributed by atoms with Gasteiger partial charge in [-0.05, 0) is 67.2 Å². The fourth-order valence-electron chi connectivity index (χ4n) is 4.96. The predicted molar refractivity (Wildman–Crippen MR) is 108 cm³/mol. The van der Waals surface area contributed by atoms with E-state index < -0.39 is 27.6 Å². The smallest absolute Gasteiger partial charge is 0.305 e. The van der Waals surface area contributed by atoms with Crippen molar-refractivity contribution < 1.29 is 17.8 Å². The van der Waals surface area contributed by atoms with E-state index in [2.05, 4.69) is 20.8 Å².